The molecular formula is C23H31N4O2+. The van der Waals surface area contributed by atoms with Crippen molar-refractivity contribution < 1.29 is 14.4 Å². The number of aromatic nitrogens is 2. The molecule has 154 valence electrons. The van der Waals surface area contributed by atoms with Gasteiger partial charge in [0.1, 0.15) is 12.0 Å². The second-order valence-corrected chi connectivity index (χ2v) is 9.42. The topological polar surface area (TPSA) is 59.8 Å². The summed E-state index contributed by atoms with van der Waals surface area (Å²) in [4.78, 5) is 25.2. The fraction of sp³-hybridized carbons (Fsp3) is 0.609. The van der Waals surface area contributed by atoms with Gasteiger partial charge in [-0.1, -0.05) is 24.6 Å². The van der Waals surface area contributed by atoms with Gasteiger partial charge >= 0.3 is 5.97 Å². The molecule has 0 spiro atoms. The molecule has 0 unspecified atom stereocenters. The van der Waals surface area contributed by atoms with E-state index < -0.39 is 0 Å². The van der Waals surface area contributed by atoms with Gasteiger partial charge in [0.05, 0.1) is 32.7 Å². The fourth-order valence-electron chi connectivity index (χ4n) is 5.85. The zero-order valence-electron chi connectivity index (χ0n) is 17.4. The highest BCUT2D eigenvalue weighted by molar-refractivity contribution is 5.76. The van der Waals surface area contributed by atoms with Gasteiger partial charge in [0.2, 0.25) is 5.95 Å². The Bertz CT molecular complexity index is 844. The molecular weight excluding hydrogens is 364 g/mol. The van der Waals surface area contributed by atoms with Crippen LogP contribution in [0.25, 0.3) is 0 Å². The zero-order chi connectivity index (χ0) is 20.0. The van der Waals surface area contributed by atoms with Gasteiger partial charge in [0.15, 0.2) is 0 Å². The first-order valence-electron chi connectivity index (χ1n) is 11.0. The van der Waals surface area contributed by atoms with E-state index in [1.165, 1.54) is 16.0 Å². The molecule has 0 aromatic carbocycles. The van der Waals surface area contributed by atoms with Gasteiger partial charge in [-0.05, 0) is 43.2 Å². The van der Waals surface area contributed by atoms with Crippen LogP contribution >= 0.6 is 0 Å². The third kappa shape index (κ3) is 3.37. The first-order valence-corrected chi connectivity index (χ1v) is 11.0. The summed E-state index contributed by atoms with van der Waals surface area (Å²) < 4.78 is 5.91. The Kier molecular flexibility index (Phi) is 4.69. The molecule has 0 saturated carbocycles. The number of carbonyl (C=O) groups excluding carboxylic acids is 1. The Balaban J connectivity index is 1.28. The number of nitrogens with zero attached hydrogens (tertiary/aromatic N) is 3. The van der Waals surface area contributed by atoms with Crippen molar-refractivity contribution in [1.82, 2.24) is 9.97 Å². The molecule has 0 bridgehead atoms. The van der Waals surface area contributed by atoms with E-state index in [4.69, 9.17) is 4.74 Å². The molecule has 2 aliphatic carbocycles. The van der Waals surface area contributed by atoms with Crippen molar-refractivity contribution in [3.05, 3.63) is 41.8 Å². The number of hydrogen-bond acceptors (Lipinski definition) is 5. The van der Waals surface area contributed by atoms with Crippen LogP contribution in [-0.2, 0) is 9.53 Å². The van der Waals surface area contributed by atoms with Gasteiger partial charge < -0.3 is 14.5 Å². The second-order valence-electron chi connectivity index (χ2n) is 9.42. The summed E-state index contributed by atoms with van der Waals surface area (Å²) in [5, 5.41) is 0. The predicted octanol–water partition coefficient (Wildman–Crippen LogP) is 1.42. The van der Waals surface area contributed by atoms with Gasteiger partial charge in [0.25, 0.3) is 0 Å². The molecule has 29 heavy (non-hydrogen) atoms. The summed E-state index contributed by atoms with van der Waals surface area (Å²) in [7, 11) is 0. The van der Waals surface area contributed by atoms with Crippen molar-refractivity contribution in [1.29, 1.82) is 0 Å². The lowest BCUT2D eigenvalue weighted by Gasteiger charge is -2.43. The van der Waals surface area contributed by atoms with E-state index in [0.29, 0.717) is 0 Å². The lowest BCUT2D eigenvalue weighted by molar-refractivity contribution is -0.903. The van der Waals surface area contributed by atoms with E-state index in [-0.39, 0.29) is 29.3 Å². The van der Waals surface area contributed by atoms with Crippen LogP contribution in [0.1, 0.15) is 33.1 Å². The summed E-state index contributed by atoms with van der Waals surface area (Å²) in [6.45, 7) is 9.31. The summed E-state index contributed by atoms with van der Waals surface area (Å²) in [5.74, 6) is 1.04. The molecule has 6 nitrogen and oxygen atoms in total. The minimum atomic E-state index is -0.0127. The first-order chi connectivity index (χ1) is 14.0. The molecule has 4 aliphatic rings. The van der Waals surface area contributed by atoms with Crippen molar-refractivity contribution >= 4 is 11.9 Å². The normalized spacial score (nSPS) is 34.8. The Morgan fingerprint density at radius 1 is 1.28 bits per heavy atom. The highest BCUT2D eigenvalue weighted by Gasteiger charge is 2.52. The highest BCUT2D eigenvalue weighted by Crippen LogP contribution is 2.52. The molecule has 1 aromatic heterocycles. The number of rotatable bonds is 3. The Morgan fingerprint density at radius 2 is 2.03 bits per heavy atom. The fourth-order valence-corrected chi connectivity index (χ4v) is 5.85. The maximum absolute atomic E-state index is 12.8. The van der Waals surface area contributed by atoms with Gasteiger partial charge in [-0.2, -0.15) is 0 Å². The molecule has 4 atom stereocenters. The number of hydrogen-bond donors (Lipinski definition) is 1. The third-order valence-corrected chi connectivity index (χ3v) is 7.51. The van der Waals surface area contributed by atoms with Crippen LogP contribution in [0.2, 0.25) is 0 Å². The van der Waals surface area contributed by atoms with Crippen LogP contribution in [0.15, 0.2) is 41.8 Å². The average Bonchev–Trinajstić information content (AvgIpc) is 3.01. The van der Waals surface area contributed by atoms with E-state index in [1.807, 2.05) is 6.07 Å². The maximum Gasteiger partial charge on any atom is 0.315 e. The zero-order valence-corrected chi connectivity index (χ0v) is 17.4. The smallest absolute Gasteiger partial charge is 0.315 e. The molecule has 6 heteroatoms. The standard InChI is InChI=1S/C23H30N4O2/c1-16-5-3-6-23(2)14-20-17(13-19(16)23)18(21(28)29-20)15-26-9-11-27(12-10-26)22-24-7-4-8-25-22/h4-5,7-8,13,17-18,20H,3,6,9-12,14-15H2,1-2H3/p+1/t17-,18-,20-,23-/m1/s1. The molecule has 1 aromatic rings. The van der Waals surface area contributed by atoms with Crippen molar-refractivity contribution in [3.63, 3.8) is 0 Å². The van der Waals surface area contributed by atoms with Crippen LogP contribution < -0.4 is 9.80 Å². The number of nitrogens with one attached hydrogen (secondary N) is 1. The van der Waals surface area contributed by atoms with Gasteiger partial charge in [-0.3, -0.25) is 4.79 Å². The number of fused-ring (bicyclic) bond motifs is 2. The number of piperazine rings is 1. The average molecular weight is 396 g/mol. The van der Waals surface area contributed by atoms with E-state index >= 15 is 0 Å². The Labute approximate surface area is 172 Å². The predicted molar refractivity (Wildman–Crippen MR) is 110 cm³/mol. The largest absolute Gasteiger partial charge is 0.461 e. The van der Waals surface area contributed by atoms with Crippen molar-refractivity contribution in [2.24, 2.45) is 17.3 Å². The van der Waals surface area contributed by atoms with Crippen LogP contribution in [-0.4, -0.2) is 54.8 Å². The SMILES string of the molecule is CC1=CCC[C@]2(C)C[C@H]3OC(=O)[C@H](C[NH+]4CCN(c5ncccn5)CC4)[C@H]3C=C12. The van der Waals surface area contributed by atoms with Crippen LogP contribution in [0.5, 0.6) is 0 Å². The monoisotopic (exact) mass is 395 g/mol. The third-order valence-electron chi connectivity index (χ3n) is 7.51. The minimum absolute atomic E-state index is 0.0127. The van der Waals surface area contributed by atoms with E-state index in [1.54, 1.807) is 12.4 Å². The van der Waals surface area contributed by atoms with Gasteiger partial charge in [-0.25, -0.2) is 9.97 Å². The molecule has 3 heterocycles. The highest BCUT2D eigenvalue weighted by atomic mass is 16.6. The minimum Gasteiger partial charge on any atom is -0.461 e. The van der Waals surface area contributed by atoms with Crippen molar-refractivity contribution in [2.75, 3.05) is 37.6 Å². The van der Waals surface area contributed by atoms with Crippen LogP contribution in [0.3, 0.4) is 0 Å². The number of allylic oxidation sites excluding steroid dienone is 3. The summed E-state index contributed by atoms with van der Waals surface area (Å²) in [6.07, 6.45) is 11.7. The Hall–Kier alpha value is -2.21. The van der Waals surface area contributed by atoms with E-state index in [2.05, 4.69) is 40.9 Å². The molecule has 2 saturated heterocycles. The number of anilines is 1. The lowest BCUT2D eigenvalue weighted by atomic mass is 9.62. The molecule has 2 fully saturated rings. The second kappa shape index (κ2) is 7.24. The van der Waals surface area contributed by atoms with Crippen molar-refractivity contribution in [2.45, 2.75) is 39.2 Å². The van der Waals surface area contributed by atoms with E-state index in [0.717, 1.165) is 57.9 Å². The summed E-state index contributed by atoms with van der Waals surface area (Å²) in [6, 6.07) is 1.85. The van der Waals surface area contributed by atoms with Crippen molar-refractivity contribution in [3.8, 4) is 0 Å². The number of quaternary nitrogens is 1. The molecule has 0 amide bonds. The summed E-state index contributed by atoms with van der Waals surface area (Å²) in [5.41, 5.74) is 3.04. The molecule has 0 radical (unpaired) electrons. The van der Waals surface area contributed by atoms with E-state index in [9.17, 15) is 4.79 Å². The Morgan fingerprint density at radius 3 is 2.79 bits per heavy atom. The van der Waals surface area contributed by atoms with Gasteiger partial charge in [0, 0.05) is 18.3 Å². The molecule has 2 aliphatic heterocycles. The first kappa shape index (κ1) is 18.8. The molecule has 1 N–H and O–H groups in total. The van der Waals surface area contributed by atoms with Crippen LogP contribution in [0, 0.1) is 17.3 Å². The number of esters is 1. The summed E-state index contributed by atoms with van der Waals surface area (Å²) >= 11 is 0. The molecule has 5 rings (SSSR count). The number of ether oxygens (including phenoxy) is 1. The maximum atomic E-state index is 12.8. The van der Waals surface area contributed by atoms with Gasteiger partial charge in [-0.15, -0.1) is 0 Å². The van der Waals surface area contributed by atoms with Crippen LogP contribution in [0.4, 0.5) is 5.95 Å². The number of carbonyl (C=O) groups is 1. The quantitative estimate of drug-likeness (QED) is 0.785. The lowest BCUT2D eigenvalue weighted by Crippen LogP contribution is -3.15.